The highest BCUT2D eigenvalue weighted by atomic mass is 15.0. The molecule has 0 atom stereocenters. The van der Waals surface area contributed by atoms with Crippen molar-refractivity contribution in [3.05, 3.63) is 34.9 Å². The van der Waals surface area contributed by atoms with Gasteiger partial charge in [-0.1, -0.05) is 39.0 Å². The summed E-state index contributed by atoms with van der Waals surface area (Å²) in [6.07, 6.45) is 3.46. The maximum absolute atomic E-state index is 2.32. The van der Waals surface area contributed by atoms with Crippen LogP contribution >= 0.6 is 0 Å². The highest BCUT2D eigenvalue weighted by Gasteiger charge is 1.96. The van der Waals surface area contributed by atoms with Crippen molar-refractivity contribution in [1.29, 1.82) is 0 Å². The first kappa shape index (κ1) is 15.2. The van der Waals surface area contributed by atoms with E-state index < -0.39 is 0 Å². The molecule has 1 heteroatoms. The molecule has 16 heavy (non-hydrogen) atoms. The largest absolute Gasteiger partial charge is 0.312 e. The molecular formula is C15H27N. The van der Waals surface area contributed by atoms with E-state index >= 15 is 0 Å². The topological polar surface area (TPSA) is 3.24 Å². The Morgan fingerprint density at radius 2 is 0.875 bits per heavy atom. The fourth-order valence-electron chi connectivity index (χ4n) is 1.45. The molecule has 0 radical (unpaired) electrons. The minimum absolute atomic E-state index is 1.15. The van der Waals surface area contributed by atoms with Crippen molar-refractivity contribution in [3.63, 3.8) is 0 Å². The highest BCUT2D eigenvalue weighted by Crippen LogP contribution is 2.12. The van der Waals surface area contributed by atoms with Crippen LogP contribution in [0.25, 0.3) is 0 Å². The summed E-state index contributed by atoms with van der Waals surface area (Å²) in [5.41, 5.74) is 4.43. The summed E-state index contributed by atoms with van der Waals surface area (Å²) in [5.74, 6) is 0. The normalized spacial score (nSPS) is 9.94. The minimum atomic E-state index is 1.15. The zero-order valence-electron chi connectivity index (χ0n) is 11.8. The van der Waals surface area contributed by atoms with Crippen molar-refractivity contribution < 1.29 is 0 Å². The smallest absolute Gasteiger partial charge is 0.0140 e. The van der Waals surface area contributed by atoms with Gasteiger partial charge in [0, 0.05) is 0 Å². The molecule has 0 unspecified atom stereocenters. The van der Waals surface area contributed by atoms with Crippen molar-refractivity contribution in [1.82, 2.24) is 4.90 Å². The predicted molar refractivity (Wildman–Crippen MR) is 74.2 cm³/mol. The predicted octanol–water partition coefficient (Wildman–Crippen LogP) is 3.55. The van der Waals surface area contributed by atoms with E-state index in [1.54, 1.807) is 0 Å². The number of hydrogen-bond acceptors (Lipinski definition) is 1. The lowest BCUT2D eigenvalue weighted by atomic mass is 10.0. The van der Waals surface area contributed by atoms with Gasteiger partial charge in [0.05, 0.1) is 0 Å². The van der Waals surface area contributed by atoms with Crippen molar-refractivity contribution in [2.24, 2.45) is 0 Å². The number of benzene rings is 1. The van der Waals surface area contributed by atoms with E-state index in [1.165, 1.54) is 16.7 Å². The van der Waals surface area contributed by atoms with Gasteiger partial charge in [0.25, 0.3) is 0 Å². The van der Waals surface area contributed by atoms with E-state index in [-0.39, 0.29) is 0 Å². The lowest BCUT2D eigenvalue weighted by Crippen LogP contribution is -1.99. The van der Waals surface area contributed by atoms with Crippen LogP contribution in [0.15, 0.2) is 18.2 Å². The van der Waals surface area contributed by atoms with Gasteiger partial charge in [0.2, 0.25) is 0 Å². The number of nitrogens with zero attached hydrogens (tertiary/aromatic N) is 1. The van der Waals surface area contributed by atoms with Crippen LogP contribution in [0.1, 0.15) is 37.5 Å². The molecule has 1 aromatic carbocycles. The molecule has 0 aliphatic rings. The first-order chi connectivity index (χ1) is 7.53. The molecule has 0 amide bonds. The zero-order chi connectivity index (χ0) is 12.6. The van der Waals surface area contributed by atoms with E-state index in [1.807, 2.05) is 26.0 Å². The van der Waals surface area contributed by atoms with Crippen LogP contribution in [0.4, 0.5) is 0 Å². The Hall–Kier alpha value is -0.820. The maximum Gasteiger partial charge on any atom is -0.0140 e. The Bertz CT molecular complexity index is 231. The van der Waals surface area contributed by atoms with Gasteiger partial charge in [-0.2, -0.15) is 0 Å². The van der Waals surface area contributed by atoms with Gasteiger partial charge in [-0.15, -0.1) is 0 Å². The summed E-state index contributed by atoms with van der Waals surface area (Å²) in [5, 5.41) is 0. The van der Waals surface area contributed by atoms with Crippen LogP contribution < -0.4 is 0 Å². The molecule has 1 rings (SSSR count). The van der Waals surface area contributed by atoms with Crippen LogP contribution in [-0.2, 0) is 19.3 Å². The second kappa shape index (κ2) is 8.35. The standard InChI is InChI=1S/C12H18.C3H9N/c1-4-10-7-11(5-2)9-12(6-3)8-10;1-4(2)3/h7-9H,4-6H2,1-3H3;1-3H3. The molecule has 0 heterocycles. The third-order valence-electron chi connectivity index (χ3n) is 2.34. The molecule has 0 aliphatic carbocycles. The summed E-state index contributed by atoms with van der Waals surface area (Å²) in [7, 11) is 6.00. The molecular weight excluding hydrogens is 194 g/mol. The van der Waals surface area contributed by atoms with Gasteiger partial charge in [-0.3, -0.25) is 0 Å². The fraction of sp³-hybridized carbons (Fsp3) is 0.600. The average Bonchev–Trinajstić information content (AvgIpc) is 2.27. The average molecular weight is 221 g/mol. The van der Waals surface area contributed by atoms with Crippen LogP contribution in [-0.4, -0.2) is 26.0 Å². The van der Waals surface area contributed by atoms with Crippen molar-refractivity contribution in [3.8, 4) is 0 Å². The van der Waals surface area contributed by atoms with Crippen LogP contribution in [0, 0.1) is 0 Å². The van der Waals surface area contributed by atoms with Crippen molar-refractivity contribution in [2.45, 2.75) is 40.0 Å². The lowest BCUT2D eigenvalue weighted by molar-refractivity contribution is 0.505. The van der Waals surface area contributed by atoms with Crippen LogP contribution in [0.2, 0.25) is 0 Å². The minimum Gasteiger partial charge on any atom is -0.312 e. The first-order valence-corrected chi connectivity index (χ1v) is 6.26. The van der Waals surface area contributed by atoms with Crippen LogP contribution in [0.3, 0.4) is 0 Å². The van der Waals surface area contributed by atoms with E-state index in [2.05, 4.69) is 39.0 Å². The number of hydrogen-bond donors (Lipinski definition) is 0. The monoisotopic (exact) mass is 221 g/mol. The molecule has 0 aliphatic heterocycles. The molecule has 1 nitrogen and oxygen atoms in total. The molecule has 0 saturated heterocycles. The summed E-state index contributed by atoms with van der Waals surface area (Å²) in [6.45, 7) is 6.65. The lowest BCUT2D eigenvalue weighted by Gasteiger charge is -2.05. The van der Waals surface area contributed by atoms with Crippen molar-refractivity contribution >= 4 is 0 Å². The van der Waals surface area contributed by atoms with Gasteiger partial charge >= 0.3 is 0 Å². The molecule has 0 aromatic heterocycles. The Labute approximate surface area is 101 Å². The van der Waals surface area contributed by atoms with E-state index in [9.17, 15) is 0 Å². The van der Waals surface area contributed by atoms with Crippen molar-refractivity contribution in [2.75, 3.05) is 21.1 Å². The second-order valence-electron chi connectivity index (χ2n) is 4.56. The van der Waals surface area contributed by atoms with Crippen LogP contribution in [0.5, 0.6) is 0 Å². The quantitative estimate of drug-likeness (QED) is 0.754. The molecule has 0 spiro atoms. The third kappa shape index (κ3) is 6.62. The Morgan fingerprint density at radius 1 is 0.688 bits per heavy atom. The van der Waals surface area contributed by atoms with Gasteiger partial charge in [0.1, 0.15) is 0 Å². The molecule has 1 aromatic rings. The van der Waals surface area contributed by atoms with E-state index in [4.69, 9.17) is 0 Å². The summed E-state index contributed by atoms with van der Waals surface area (Å²) >= 11 is 0. The summed E-state index contributed by atoms with van der Waals surface area (Å²) < 4.78 is 0. The van der Waals surface area contributed by atoms with Gasteiger partial charge in [-0.25, -0.2) is 0 Å². The second-order valence-corrected chi connectivity index (χ2v) is 4.56. The summed E-state index contributed by atoms with van der Waals surface area (Å²) in [4.78, 5) is 2.00. The highest BCUT2D eigenvalue weighted by molar-refractivity contribution is 5.30. The first-order valence-electron chi connectivity index (χ1n) is 6.26. The van der Waals surface area contributed by atoms with E-state index in [0.29, 0.717) is 0 Å². The fourth-order valence-corrected chi connectivity index (χ4v) is 1.45. The number of rotatable bonds is 3. The number of aryl methyl sites for hydroxylation is 3. The molecule has 0 bridgehead atoms. The molecule has 0 saturated carbocycles. The Morgan fingerprint density at radius 3 is 1.00 bits per heavy atom. The zero-order valence-corrected chi connectivity index (χ0v) is 11.8. The maximum atomic E-state index is 2.32. The van der Waals surface area contributed by atoms with E-state index in [0.717, 1.165) is 19.3 Å². The van der Waals surface area contributed by atoms with Gasteiger partial charge in [-0.05, 0) is 57.1 Å². The third-order valence-corrected chi connectivity index (χ3v) is 2.34. The summed E-state index contributed by atoms with van der Waals surface area (Å²) in [6, 6.07) is 6.96. The SMILES string of the molecule is CCc1cc(CC)cc(CC)c1.CN(C)C. The van der Waals surface area contributed by atoms with Gasteiger partial charge < -0.3 is 4.90 Å². The Balaban J connectivity index is 0.000000487. The Kier molecular flexibility index (Phi) is 7.92. The van der Waals surface area contributed by atoms with Gasteiger partial charge in [0.15, 0.2) is 0 Å². The molecule has 0 fully saturated rings. The molecule has 0 N–H and O–H groups in total. The molecule has 92 valence electrons.